The molecule has 1 unspecified atom stereocenters. The topological polar surface area (TPSA) is 51.5 Å². The van der Waals surface area contributed by atoms with E-state index in [1.165, 1.54) is 23.3 Å². The zero-order valence-corrected chi connectivity index (χ0v) is 16.3. The number of thioether (sulfide) groups is 1. The quantitative estimate of drug-likeness (QED) is 0.702. The second-order valence-electron chi connectivity index (χ2n) is 6.57. The first kappa shape index (κ1) is 17.5. The molecule has 0 spiro atoms. The van der Waals surface area contributed by atoms with Gasteiger partial charge in [0.25, 0.3) is 0 Å². The first-order chi connectivity index (χ1) is 12.3. The van der Waals surface area contributed by atoms with Crippen molar-refractivity contribution in [1.29, 1.82) is 0 Å². The lowest BCUT2D eigenvalue weighted by molar-refractivity contribution is -0.924. The van der Waals surface area contributed by atoms with Crippen LogP contribution in [0.2, 0.25) is 5.02 Å². The highest BCUT2D eigenvalue weighted by molar-refractivity contribution is 8.01. The first-order valence-electron chi connectivity index (χ1n) is 8.67. The molecule has 1 aliphatic heterocycles. The van der Waals surface area contributed by atoms with Gasteiger partial charge in [0, 0.05) is 22.4 Å². The van der Waals surface area contributed by atoms with Crippen molar-refractivity contribution in [3.63, 3.8) is 0 Å². The predicted molar refractivity (Wildman–Crippen MR) is 103 cm³/mol. The third-order valence-corrected chi connectivity index (χ3v) is 6.92. The average Bonchev–Trinajstić information content (AvgIpc) is 3.32. The normalized spacial score (nSPS) is 23.6. The van der Waals surface area contributed by atoms with Crippen LogP contribution >= 0.6 is 34.7 Å². The minimum atomic E-state index is 0.250. The molecule has 2 fully saturated rings. The van der Waals surface area contributed by atoms with E-state index in [2.05, 4.69) is 27.6 Å². The molecule has 5 nitrogen and oxygen atoms in total. The zero-order chi connectivity index (χ0) is 17.1. The summed E-state index contributed by atoms with van der Waals surface area (Å²) in [4.78, 5) is 1.53. The molecule has 0 amide bonds. The van der Waals surface area contributed by atoms with Crippen molar-refractivity contribution in [1.82, 2.24) is 10.2 Å². The van der Waals surface area contributed by atoms with E-state index in [1.807, 2.05) is 12.1 Å². The van der Waals surface area contributed by atoms with Gasteiger partial charge in [0.15, 0.2) is 4.34 Å². The van der Waals surface area contributed by atoms with Crippen LogP contribution in [0.1, 0.15) is 18.4 Å². The molecule has 1 aliphatic carbocycles. The molecule has 25 heavy (non-hydrogen) atoms. The predicted octanol–water partition coefficient (Wildman–Crippen LogP) is 2.34. The van der Waals surface area contributed by atoms with Crippen LogP contribution < -0.4 is 10.2 Å². The number of aromatic nitrogens is 2. The van der Waals surface area contributed by atoms with Gasteiger partial charge < -0.3 is 15.0 Å². The average molecular weight is 398 g/mol. The van der Waals surface area contributed by atoms with Gasteiger partial charge >= 0.3 is 0 Å². The van der Waals surface area contributed by atoms with Gasteiger partial charge in [-0.1, -0.05) is 52.9 Å². The Hall–Kier alpha value is -0.860. The fraction of sp³-hybridized carbons (Fsp3) is 0.529. The van der Waals surface area contributed by atoms with Crippen LogP contribution in [0.5, 0.6) is 0 Å². The van der Waals surface area contributed by atoms with Gasteiger partial charge in [0.2, 0.25) is 5.13 Å². The van der Waals surface area contributed by atoms with Crippen LogP contribution in [-0.4, -0.2) is 47.8 Å². The molecule has 2 aromatic rings. The number of halogens is 1. The summed E-state index contributed by atoms with van der Waals surface area (Å²) in [5.41, 5.74) is 1.22. The molecule has 2 N–H and O–H groups in total. The first-order valence-corrected chi connectivity index (χ1v) is 10.9. The lowest BCUT2D eigenvalue weighted by atomic mass is 10.2. The second-order valence-corrected chi connectivity index (χ2v) is 9.22. The van der Waals surface area contributed by atoms with Crippen molar-refractivity contribution in [3.05, 3.63) is 34.9 Å². The molecule has 1 saturated carbocycles. The van der Waals surface area contributed by atoms with E-state index in [9.17, 15) is 0 Å². The Labute approximate surface area is 161 Å². The van der Waals surface area contributed by atoms with Crippen LogP contribution in [0.25, 0.3) is 0 Å². The molecular weight excluding hydrogens is 376 g/mol. The number of hydrogen-bond acceptors (Lipinski definition) is 6. The third kappa shape index (κ3) is 5.08. The van der Waals surface area contributed by atoms with Crippen LogP contribution in [-0.2, 0) is 11.3 Å². The molecular formula is C17H22ClN4OS2+. The van der Waals surface area contributed by atoms with E-state index in [4.69, 9.17) is 16.3 Å². The Morgan fingerprint density at radius 3 is 3.04 bits per heavy atom. The smallest absolute Gasteiger partial charge is 0.206 e. The maximum absolute atomic E-state index is 6.30. The number of benzene rings is 1. The van der Waals surface area contributed by atoms with E-state index < -0.39 is 0 Å². The van der Waals surface area contributed by atoms with E-state index in [0.29, 0.717) is 6.04 Å². The Bertz CT molecular complexity index is 709. The van der Waals surface area contributed by atoms with Gasteiger partial charge in [0.1, 0.15) is 25.7 Å². The van der Waals surface area contributed by atoms with Gasteiger partial charge in [-0.2, -0.15) is 0 Å². The number of nitrogens with one attached hydrogen (secondary N) is 2. The number of ether oxygens (including phenoxy) is 1. The SMILES string of the molecule is Clc1ccccc1C[NH+]1CCO[C@@H](CSc2nnc(NC3CC3)s2)C1. The highest BCUT2D eigenvalue weighted by Gasteiger charge is 2.26. The minimum Gasteiger partial charge on any atom is -0.366 e. The van der Waals surface area contributed by atoms with Crippen LogP contribution in [0.15, 0.2) is 28.6 Å². The Morgan fingerprint density at radius 2 is 2.20 bits per heavy atom. The summed E-state index contributed by atoms with van der Waals surface area (Å²) in [7, 11) is 0. The van der Waals surface area contributed by atoms with Crippen molar-refractivity contribution in [3.8, 4) is 0 Å². The molecule has 2 aliphatic rings. The molecule has 0 bridgehead atoms. The largest absolute Gasteiger partial charge is 0.366 e. The van der Waals surface area contributed by atoms with Gasteiger partial charge in [-0.05, 0) is 18.9 Å². The molecule has 2 heterocycles. The standard InChI is InChI=1S/C17H21ClN4OS2/c18-15-4-2-1-3-12(15)9-22-7-8-23-14(10-22)11-24-17-21-20-16(25-17)19-13-5-6-13/h1-4,13-14H,5-11H2,(H,19,20)/p+1/t14-/m1/s1. The summed E-state index contributed by atoms with van der Waals surface area (Å²) in [6.07, 6.45) is 2.75. The van der Waals surface area contributed by atoms with E-state index in [1.54, 1.807) is 23.1 Å². The van der Waals surface area contributed by atoms with E-state index in [0.717, 1.165) is 46.5 Å². The maximum Gasteiger partial charge on any atom is 0.206 e. The molecule has 1 aromatic heterocycles. The van der Waals surface area contributed by atoms with Gasteiger partial charge in [-0.15, -0.1) is 10.2 Å². The van der Waals surface area contributed by atoms with Crippen molar-refractivity contribution < 1.29 is 9.64 Å². The summed E-state index contributed by atoms with van der Waals surface area (Å²) in [5, 5.41) is 13.7. The number of morpholine rings is 1. The fourth-order valence-corrected chi connectivity index (χ4v) is 5.00. The monoisotopic (exact) mass is 397 g/mol. The van der Waals surface area contributed by atoms with E-state index >= 15 is 0 Å². The van der Waals surface area contributed by atoms with Crippen molar-refractivity contribution in [2.75, 3.05) is 30.8 Å². The third-order valence-electron chi connectivity index (χ3n) is 4.43. The zero-order valence-electron chi connectivity index (χ0n) is 13.9. The molecule has 134 valence electrons. The molecule has 0 radical (unpaired) electrons. The summed E-state index contributed by atoms with van der Waals surface area (Å²) in [5.74, 6) is 0.921. The Balaban J connectivity index is 1.26. The molecule has 2 atom stereocenters. The molecule has 1 aromatic carbocycles. The molecule has 1 saturated heterocycles. The van der Waals surface area contributed by atoms with Crippen molar-refractivity contribution in [2.24, 2.45) is 0 Å². The number of anilines is 1. The van der Waals surface area contributed by atoms with Crippen molar-refractivity contribution in [2.45, 2.75) is 35.9 Å². The second kappa shape index (κ2) is 8.22. The minimum absolute atomic E-state index is 0.250. The summed E-state index contributed by atoms with van der Waals surface area (Å²) < 4.78 is 6.96. The fourth-order valence-electron chi connectivity index (χ4n) is 2.92. The van der Waals surface area contributed by atoms with Crippen LogP contribution in [0.4, 0.5) is 5.13 Å². The number of rotatable bonds is 7. The Morgan fingerprint density at radius 1 is 1.32 bits per heavy atom. The van der Waals surface area contributed by atoms with Crippen molar-refractivity contribution >= 4 is 39.8 Å². The number of hydrogen-bond donors (Lipinski definition) is 2. The highest BCUT2D eigenvalue weighted by Crippen LogP contribution is 2.30. The lowest BCUT2D eigenvalue weighted by Crippen LogP contribution is -3.13. The lowest BCUT2D eigenvalue weighted by Gasteiger charge is -2.30. The summed E-state index contributed by atoms with van der Waals surface area (Å²) in [6.45, 7) is 3.79. The summed E-state index contributed by atoms with van der Waals surface area (Å²) in [6, 6.07) is 8.73. The molecule has 4 rings (SSSR count). The van der Waals surface area contributed by atoms with E-state index in [-0.39, 0.29) is 6.10 Å². The van der Waals surface area contributed by atoms with Gasteiger partial charge in [-0.25, -0.2) is 0 Å². The molecule has 8 heteroatoms. The highest BCUT2D eigenvalue weighted by atomic mass is 35.5. The van der Waals surface area contributed by atoms with Crippen LogP contribution in [0, 0.1) is 0 Å². The number of quaternary nitrogens is 1. The number of nitrogens with zero attached hydrogens (tertiary/aromatic N) is 2. The van der Waals surface area contributed by atoms with Gasteiger partial charge in [0.05, 0.1) is 6.61 Å². The van der Waals surface area contributed by atoms with Crippen LogP contribution in [0.3, 0.4) is 0 Å². The Kier molecular flexibility index (Phi) is 5.77. The van der Waals surface area contributed by atoms with Gasteiger partial charge in [-0.3, -0.25) is 0 Å². The summed E-state index contributed by atoms with van der Waals surface area (Å²) >= 11 is 9.69. The maximum atomic E-state index is 6.30.